The molecule has 0 unspecified atom stereocenters. The molecule has 0 fully saturated rings. The summed E-state index contributed by atoms with van der Waals surface area (Å²) in [6.45, 7) is 2.10. The van der Waals surface area contributed by atoms with E-state index in [1.165, 1.54) is 24.0 Å². The van der Waals surface area contributed by atoms with Crippen LogP contribution in [-0.4, -0.2) is 29.5 Å². The zero-order valence-corrected chi connectivity index (χ0v) is 18.3. The second kappa shape index (κ2) is 10.2. The minimum atomic E-state index is -0.732. The van der Waals surface area contributed by atoms with Crippen LogP contribution in [0, 0.1) is 5.82 Å². The van der Waals surface area contributed by atoms with Gasteiger partial charge in [-0.1, -0.05) is 48.5 Å². The third-order valence-electron chi connectivity index (χ3n) is 5.53. The van der Waals surface area contributed by atoms with Crippen LogP contribution in [0.25, 0.3) is 0 Å². The molecular formula is C26H25FN2O4. The Morgan fingerprint density at radius 2 is 1.64 bits per heavy atom. The summed E-state index contributed by atoms with van der Waals surface area (Å²) < 4.78 is 24.1. The first-order valence-electron chi connectivity index (χ1n) is 10.7. The van der Waals surface area contributed by atoms with Crippen LogP contribution >= 0.6 is 0 Å². The van der Waals surface area contributed by atoms with Crippen LogP contribution in [0.4, 0.5) is 4.39 Å². The minimum Gasteiger partial charge on any atom is -0.454 e. The number of carbonyl (C=O) groups is 2. The second-order valence-corrected chi connectivity index (χ2v) is 7.88. The van der Waals surface area contributed by atoms with Crippen LogP contribution in [0.3, 0.4) is 0 Å². The smallest absolute Gasteiger partial charge is 0.243 e. The van der Waals surface area contributed by atoms with E-state index in [1.807, 2.05) is 48.5 Å². The van der Waals surface area contributed by atoms with Gasteiger partial charge in [-0.05, 0) is 41.0 Å². The number of halogens is 1. The van der Waals surface area contributed by atoms with Crippen molar-refractivity contribution in [1.82, 2.24) is 10.2 Å². The van der Waals surface area contributed by atoms with E-state index < -0.39 is 6.04 Å². The Morgan fingerprint density at radius 3 is 2.36 bits per heavy atom. The highest BCUT2D eigenvalue weighted by molar-refractivity contribution is 5.87. The number of benzene rings is 3. The highest BCUT2D eigenvalue weighted by Gasteiger charge is 2.28. The van der Waals surface area contributed by atoms with Gasteiger partial charge in [-0.25, -0.2) is 4.39 Å². The molecule has 1 heterocycles. The molecule has 0 aliphatic carbocycles. The molecule has 1 aliphatic heterocycles. The van der Waals surface area contributed by atoms with E-state index in [9.17, 15) is 14.0 Å². The van der Waals surface area contributed by atoms with E-state index >= 15 is 0 Å². The van der Waals surface area contributed by atoms with E-state index in [0.29, 0.717) is 17.9 Å². The molecule has 1 atom stereocenters. The molecule has 0 saturated carbocycles. The first kappa shape index (κ1) is 22.3. The Morgan fingerprint density at radius 1 is 0.939 bits per heavy atom. The predicted octanol–water partition coefficient (Wildman–Crippen LogP) is 3.83. The van der Waals surface area contributed by atoms with E-state index in [4.69, 9.17) is 9.47 Å². The fourth-order valence-corrected chi connectivity index (χ4v) is 3.77. The van der Waals surface area contributed by atoms with E-state index in [-0.39, 0.29) is 37.5 Å². The molecule has 6 nitrogen and oxygen atoms in total. The van der Waals surface area contributed by atoms with Crippen molar-refractivity contribution in [2.45, 2.75) is 32.5 Å². The minimum absolute atomic E-state index is 0.182. The summed E-state index contributed by atoms with van der Waals surface area (Å²) in [6.07, 6.45) is 0.356. The zero-order valence-electron chi connectivity index (χ0n) is 18.3. The van der Waals surface area contributed by atoms with Gasteiger partial charge in [0.2, 0.25) is 18.6 Å². The molecular weight excluding hydrogens is 423 g/mol. The van der Waals surface area contributed by atoms with Gasteiger partial charge >= 0.3 is 0 Å². The Bertz CT molecular complexity index is 1120. The molecule has 0 aromatic heterocycles. The van der Waals surface area contributed by atoms with Gasteiger partial charge in [-0.2, -0.15) is 0 Å². The molecule has 33 heavy (non-hydrogen) atoms. The first-order valence-corrected chi connectivity index (χ1v) is 10.7. The molecule has 3 aromatic carbocycles. The van der Waals surface area contributed by atoms with Gasteiger partial charge in [0.05, 0.1) is 0 Å². The Kier molecular flexibility index (Phi) is 6.88. The number of nitrogens with zero attached hydrogens (tertiary/aromatic N) is 1. The number of nitrogens with one attached hydrogen (secondary N) is 1. The van der Waals surface area contributed by atoms with Gasteiger partial charge in [0.15, 0.2) is 11.5 Å². The summed E-state index contributed by atoms with van der Waals surface area (Å²) in [5, 5.41) is 2.95. The average Bonchev–Trinajstić information content (AvgIpc) is 3.29. The molecule has 0 radical (unpaired) electrons. The van der Waals surface area contributed by atoms with Crippen LogP contribution < -0.4 is 14.8 Å². The standard InChI is InChI=1S/C26H25FN2O4/c1-18(30)29(16-20-7-10-22(27)11-8-20)23(13-19-5-3-2-4-6-19)26(31)28-15-21-9-12-24-25(14-21)33-17-32-24/h2-12,14,23H,13,15-17H2,1H3,(H,28,31)/t23-/m1/s1. The summed E-state index contributed by atoms with van der Waals surface area (Å²) in [4.78, 5) is 27.4. The number of hydrogen-bond acceptors (Lipinski definition) is 4. The molecule has 0 bridgehead atoms. The lowest BCUT2D eigenvalue weighted by Gasteiger charge is -2.30. The maximum Gasteiger partial charge on any atom is 0.243 e. The fourth-order valence-electron chi connectivity index (χ4n) is 3.77. The quantitative estimate of drug-likeness (QED) is 0.569. The predicted molar refractivity (Wildman–Crippen MR) is 121 cm³/mol. The summed E-state index contributed by atoms with van der Waals surface area (Å²) >= 11 is 0. The third-order valence-corrected chi connectivity index (χ3v) is 5.53. The van der Waals surface area contributed by atoms with Gasteiger partial charge < -0.3 is 19.7 Å². The number of fused-ring (bicyclic) bond motifs is 1. The third kappa shape index (κ3) is 5.68. The van der Waals surface area contributed by atoms with Crippen molar-refractivity contribution < 1.29 is 23.5 Å². The number of carbonyl (C=O) groups excluding carboxylic acids is 2. The number of rotatable bonds is 8. The van der Waals surface area contributed by atoms with Crippen LogP contribution in [0.1, 0.15) is 23.6 Å². The van der Waals surface area contributed by atoms with Crippen LogP contribution in [0.5, 0.6) is 11.5 Å². The number of amides is 2. The molecule has 1 N–H and O–H groups in total. The van der Waals surface area contributed by atoms with Crippen LogP contribution in [0.15, 0.2) is 72.8 Å². The van der Waals surface area contributed by atoms with Gasteiger partial charge in [-0.3, -0.25) is 9.59 Å². The lowest BCUT2D eigenvalue weighted by molar-refractivity contribution is -0.139. The number of ether oxygens (including phenoxy) is 2. The van der Waals surface area contributed by atoms with Crippen molar-refractivity contribution in [2.24, 2.45) is 0 Å². The molecule has 7 heteroatoms. The summed E-state index contributed by atoms with van der Waals surface area (Å²) in [5.74, 6) is 0.459. The van der Waals surface area contributed by atoms with Crippen molar-refractivity contribution in [2.75, 3.05) is 6.79 Å². The normalized spacial score (nSPS) is 12.8. The van der Waals surface area contributed by atoms with Crippen molar-refractivity contribution in [3.63, 3.8) is 0 Å². The summed E-state index contributed by atoms with van der Waals surface area (Å²) in [5.41, 5.74) is 2.54. The zero-order chi connectivity index (χ0) is 23.2. The Balaban J connectivity index is 1.53. The van der Waals surface area contributed by atoms with Gasteiger partial charge in [-0.15, -0.1) is 0 Å². The van der Waals surface area contributed by atoms with Crippen molar-refractivity contribution in [3.8, 4) is 11.5 Å². The van der Waals surface area contributed by atoms with Crippen molar-refractivity contribution in [1.29, 1.82) is 0 Å². The molecule has 4 rings (SSSR count). The molecule has 3 aromatic rings. The topological polar surface area (TPSA) is 67.9 Å². The lowest BCUT2D eigenvalue weighted by atomic mass is 10.0. The van der Waals surface area contributed by atoms with Crippen LogP contribution in [0.2, 0.25) is 0 Å². The van der Waals surface area contributed by atoms with E-state index in [1.54, 1.807) is 12.1 Å². The molecule has 2 amide bonds. The van der Waals surface area contributed by atoms with Gasteiger partial charge in [0.1, 0.15) is 11.9 Å². The fraction of sp³-hybridized carbons (Fsp3) is 0.231. The highest BCUT2D eigenvalue weighted by atomic mass is 19.1. The van der Waals surface area contributed by atoms with Crippen molar-refractivity contribution in [3.05, 3.63) is 95.3 Å². The monoisotopic (exact) mass is 448 g/mol. The van der Waals surface area contributed by atoms with Crippen LogP contribution in [-0.2, 0) is 29.1 Å². The van der Waals surface area contributed by atoms with E-state index in [0.717, 1.165) is 16.7 Å². The molecule has 0 saturated heterocycles. The lowest BCUT2D eigenvalue weighted by Crippen LogP contribution is -2.49. The first-order chi connectivity index (χ1) is 16.0. The average molecular weight is 448 g/mol. The van der Waals surface area contributed by atoms with E-state index in [2.05, 4.69) is 5.32 Å². The molecule has 1 aliphatic rings. The summed E-state index contributed by atoms with van der Waals surface area (Å²) in [6, 6.07) is 20.2. The SMILES string of the molecule is CC(=O)N(Cc1ccc(F)cc1)[C@H](Cc1ccccc1)C(=O)NCc1ccc2c(c1)OCO2. The maximum absolute atomic E-state index is 13.3. The number of hydrogen-bond donors (Lipinski definition) is 1. The molecule has 0 spiro atoms. The Hall–Kier alpha value is -3.87. The van der Waals surface area contributed by atoms with Crippen molar-refractivity contribution >= 4 is 11.8 Å². The largest absolute Gasteiger partial charge is 0.454 e. The highest BCUT2D eigenvalue weighted by Crippen LogP contribution is 2.32. The Labute approximate surface area is 191 Å². The summed E-state index contributed by atoms with van der Waals surface area (Å²) in [7, 11) is 0. The van der Waals surface area contributed by atoms with Gasteiger partial charge in [0, 0.05) is 26.4 Å². The maximum atomic E-state index is 13.3. The second-order valence-electron chi connectivity index (χ2n) is 7.88. The molecule has 170 valence electrons. The van der Waals surface area contributed by atoms with Gasteiger partial charge in [0.25, 0.3) is 0 Å².